The minimum atomic E-state index is -5.96. The molecule has 1 aliphatic carbocycles. The zero-order valence-electron chi connectivity index (χ0n) is 21.0. The molecular weight excluding hydrogens is 620 g/mol. The fourth-order valence-electron chi connectivity index (χ4n) is 4.65. The lowest BCUT2D eigenvalue weighted by molar-refractivity contribution is -0.192. The fraction of sp³-hybridized carbons (Fsp3) is 0.600. The van der Waals surface area contributed by atoms with Gasteiger partial charge in [0.2, 0.25) is 23.6 Å². The van der Waals surface area contributed by atoms with E-state index in [1.807, 2.05) is 0 Å². The van der Waals surface area contributed by atoms with E-state index in [1.54, 1.807) is 0 Å². The van der Waals surface area contributed by atoms with Crippen molar-refractivity contribution in [1.82, 2.24) is 9.80 Å². The quantitative estimate of drug-likeness (QED) is 0.0937. The van der Waals surface area contributed by atoms with Crippen LogP contribution in [-0.4, -0.2) is 115 Å². The third kappa shape index (κ3) is 5.32. The van der Waals surface area contributed by atoms with Crippen molar-refractivity contribution in [3.05, 3.63) is 0 Å². The first-order chi connectivity index (χ1) is 19.2. The van der Waals surface area contributed by atoms with Gasteiger partial charge in [-0.15, -0.1) is 0 Å². The molecule has 1 saturated carbocycles. The molecule has 3 rings (SSSR count). The number of carbonyl (C=O) groups is 8. The van der Waals surface area contributed by atoms with Crippen LogP contribution in [0.1, 0.15) is 51.4 Å². The van der Waals surface area contributed by atoms with Crippen molar-refractivity contribution in [2.75, 3.05) is 0 Å². The molecular formula is C20H22N2O18S2. The molecule has 0 aromatic heterocycles. The summed E-state index contributed by atoms with van der Waals surface area (Å²) in [5, 5.41) is 18.5. The first-order valence-corrected chi connectivity index (χ1v) is 14.6. The Bertz CT molecular complexity index is 1360. The van der Waals surface area contributed by atoms with E-state index in [1.165, 1.54) is 0 Å². The Morgan fingerprint density at radius 2 is 0.905 bits per heavy atom. The van der Waals surface area contributed by atoms with Crippen LogP contribution in [0.5, 0.6) is 0 Å². The van der Waals surface area contributed by atoms with Gasteiger partial charge in [-0.05, 0) is 12.8 Å². The van der Waals surface area contributed by atoms with Crippen molar-refractivity contribution in [1.29, 1.82) is 0 Å². The van der Waals surface area contributed by atoms with Crippen LogP contribution in [-0.2, 0) is 68.1 Å². The molecule has 0 aromatic rings. The van der Waals surface area contributed by atoms with Gasteiger partial charge in [-0.3, -0.25) is 37.9 Å². The number of esters is 2. The Balaban J connectivity index is 1.98. The van der Waals surface area contributed by atoms with Gasteiger partial charge in [0, 0.05) is 25.7 Å². The van der Waals surface area contributed by atoms with Gasteiger partial charge < -0.3 is 19.7 Å². The van der Waals surface area contributed by atoms with Crippen molar-refractivity contribution in [3.63, 3.8) is 0 Å². The summed E-state index contributed by atoms with van der Waals surface area (Å²) in [5.74, 6) is -13.9. The molecule has 0 radical (unpaired) electrons. The molecule has 0 spiro atoms. The van der Waals surface area contributed by atoms with E-state index in [2.05, 4.69) is 0 Å². The average molecular weight is 643 g/mol. The second kappa shape index (κ2) is 11.0. The van der Waals surface area contributed by atoms with E-state index in [9.17, 15) is 74.5 Å². The molecule has 2 heterocycles. The van der Waals surface area contributed by atoms with Gasteiger partial charge in [-0.25, -0.2) is 19.4 Å². The Labute approximate surface area is 235 Å². The molecule has 42 heavy (non-hydrogen) atoms. The van der Waals surface area contributed by atoms with Crippen LogP contribution >= 0.6 is 0 Å². The molecule has 0 aromatic carbocycles. The number of amides is 4. The third-order valence-electron chi connectivity index (χ3n) is 6.77. The number of likely N-dealkylation sites (tertiary alicyclic amines) is 2. The van der Waals surface area contributed by atoms with Gasteiger partial charge in [0.25, 0.3) is 9.74 Å². The number of carboxylic acid groups (broad SMARTS) is 2. The van der Waals surface area contributed by atoms with E-state index >= 15 is 0 Å². The Morgan fingerprint density at radius 1 is 0.643 bits per heavy atom. The maximum absolute atomic E-state index is 13.1. The van der Waals surface area contributed by atoms with Crippen LogP contribution < -0.4 is 0 Å². The zero-order valence-corrected chi connectivity index (χ0v) is 22.7. The lowest BCUT2D eigenvalue weighted by Crippen LogP contribution is -2.65. The van der Waals surface area contributed by atoms with Crippen molar-refractivity contribution >= 4 is 67.7 Å². The molecule has 4 atom stereocenters. The Morgan fingerprint density at radius 3 is 1.10 bits per heavy atom. The summed E-state index contributed by atoms with van der Waals surface area (Å²) in [6.07, 6.45) is -10.5. The lowest BCUT2D eigenvalue weighted by atomic mass is 9.91. The second-order valence-corrected chi connectivity index (χ2v) is 12.6. The fourth-order valence-corrected chi connectivity index (χ4v) is 6.64. The number of ether oxygens (including phenoxy) is 2. The van der Waals surface area contributed by atoms with E-state index in [0.717, 1.165) is 0 Å². The van der Waals surface area contributed by atoms with Crippen molar-refractivity contribution < 1.29 is 84.0 Å². The zero-order chi connectivity index (χ0) is 32.0. The average Bonchev–Trinajstić information content (AvgIpc) is 3.34. The molecule has 232 valence electrons. The molecule has 20 nitrogen and oxygen atoms in total. The number of carboxylic acids is 2. The largest absolute Gasteiger partial charge is 0.481 e. The van der Waals surface area contributed by atoms with Crippen LogP contribution in [0.25, 0.3) is 0 Å². The normalized spacial score (nSPS) is 24.0. The number of imide groups is 2. The standard InChI is InChI=1S/C20H22N2O18S2/c23-11-3-4-12(24)21(11)19(7-15(27)28,41(33,34)35)17(31)39-9-1-2-10(9)40-18(32)20(8-16(29)30,42(36,37)38)22-13(25)5-6-14(22)26/h9-10H,1-8H2,(H,27,28)(H,29,30)(H,33,34,35)(H,36,37,38). The van der Waals surface area contributed by atoms with E-state index in [-0.39, 0.29) is 22.6 Å². The number of rotatable bonds is 12. The number of hydrogen-bond donors (Lipinski definition) is 4. The summed E-state index contributed by atoms with van der Waals surface area (Å²) in [6, 6.07) is 0. The second-order valence-electron chi connectivity index (χ2n) is 9.37. The summed E-state index contributed by atoms with van der Waals surface area (Å²) in [5.41, 5.74) is 0. The van der Waals surface area contributed by atoms with Gasteiger partial charge in [-0.2, -0.15) is 16.8 Å². The van der Waals surface area contributed by atoms with Crippen molar-refractivity contribution in [3.8, 4) is 0 Å². The number of carbonyl (C=O) groups excluding carboxylic acids is 6. The molecule has 22 heteroatoms. The van der Waals surface area contributed by atoms with E-state index in [0.29, 0.717) is 0 Å². The van der Waals surface area contributed by atoms with Crippen LogP contribution in [0.4, 0.5) is 0 Å². The summed E-state index contributed by atoms with van der Waals surface area (Å²) >= 11 is 0. The predicted molar refractivity (Wildman–Crippen MR) is 124 cm³/mol. The Kier molecular flexibility index (Phi) is 8.51. The molecule has 4 unspecified atom stereocenters. The van der Waals surface area contributed by atoms with E-state index < -0.39 is 128 Å². The highest BCUT2D eigenvalue weighted by Gasteiger charge is 2.66. The lowest BCUT2D eigenvalue weighted by Gasteiger charge is -2.41. The van der Waals surface area contributed by atoms with Gasteiger partial charge in [-0.1, -0.05) is 0 Å². The van der Waals surface area contributed by atoms with E-state index in [4.69, 9.17) is 9.47 Å². The van der Waals surface area contributed by atoms with Crippen LogP contribution in [0.3, 0.4) is 0 Å². The summed E-state index contributed by atoms with van der Waals surface area (Å²) in [7, 11) is -11.9. The maximum Gasteiger partial charge on any atom is 0.352 e. The molecule has 4 N–H and O–H groups in total. The summed E-state index contributed by atoms with van der Waals surface area (Å²) in [6.45, 7) is 0. The van der Waals surface area contributed by atoms with Crippen molar-refractivity contribution in [2.45, 2.75) is 73.3 Å². The van der Waals surface area contributed by atoms with Crippen molar-refractivity contribution in [2.24, 2.45) is 0 Å². The minimum absolute atomic E-state index is 0.278. The molecule has 2 aliphatic heterocycles. The van der Waals surface area contributed by atoms with Crippen LogP contribution in [0.15, 0.2) is 0 Å². The summed E-state index contributed by atoms with van der Waals surface area (Å²) < 4.78 is 78.9. The first kappa shape index (κ1) is 32.5. The van der Waals surface area contributed by atoms with Crippen LogP contribution in [0, 0.1) is 0 Å². The van der Waals surface area contributed by atoms with Gasteiger partial charge in [0.1, 0.15) is 12.2 Å². The molecule has 2 saturated heterocycles. The topological polar surface area (TPSA) is 311 Å². The number of aliphatic carboxylic acids is 2. The van der Waals surface area contributed by atoms with Crippen LogP contribution in [0.2, 0.25) is 0 Å². The van der Waals surface area contributed by atoms with Gasteiger partial charge >= 0.3 is 44.1 Å². The van der Waals surface area contributed by atoms with Gasteiger partial charge in [0.05, 0.1) is 12.8 Å². The maximum atomic E-state index is 13.1. The molecule has 3 aliphatic rings. The Hall–Kier alpha value is -4.02. The molecule has 4 amide bonds. The third-order valence-corrected chi connectivity index (χ3v) is 9.46. The number of hydrogen-bond acceptors (Lipinski definition) is 14. The highest BCUT2D eigenvalue weighted by atomic mass is 32.2. The highest BCUT2D eigenvalue weighted by Crippen LogP contribution is 2.38. The smallest absolute Gasteiger partial charge is 0.352 e. The predicted octanol–water partition coefficient (Wildman–Crippen LogP) is -2.98. The number of nitrogens with zero attached hydrogens (tertiary/aromatic N) is 2. The molecule has 0 bridgehead atoms. The monoisotopic (exact) mass is 642 g/mol. The molecule has 3 fully saturated rings. The van der Waals surface area contributed by atoms with Gasteiger partial charge in [0.15, 0.2) is 0 Å². The summed E-state index contributed by atoms with van der Waals surface area (Å²) in [4.78, 5) is 90.2. The SMILES string of the molecule is O=C(O)CC(C(=O)OC1CCC1OC(=O)C(CC(=O)O)(N1C(=O)CCC1=O)S(=O)(=O)O)(N1C(=O)CCC1=O)S(=O)(=O)O. The first-order valence-electron chi connectivity index (χ1n) is 11.7. The highest BCUT2D eigenvalue weighted by molar-refractivity contribution is 7.88. The minimum Gasteiger partial charge on any atom is -0.481 e.